The van der Waals surface area contributed by atoms with Crippen molar-refractivity contribution in [1.82, 2.24) is 0 Å². The maximum atomic E-state index is 11.0. The molecule has 0 radical (unpaired) electrons. The molecule has 0 spiro atoms. The fourth-order valence-electron chi connectivity index (χ4n) is 5.54. The van der Waals surface area contributed by atoms with Gasteiger partial charge in [0, 0.05) is 11.8 Å². The summed E-state index contributed by atoms with van der Waals surface area (Å²) in [5, 5.41) is 19.8. The highest BCUT2D eigenvalue weighted by atomic mass is 16.4. The van der Waals surface area contributed by atoms with Gasteiger partial charge < -0.3 is 10.2 Å². The topological polar surface area (TPSA) is 57.5 Å². The average Bonchev–Trinajstić information content (AvgIpc) is 3.07. The quantitative estimate of drug-likeness (QED) is 0.307. The molecule has 0 aliphatic heterocycles. The van der Waals surface area contributed by atoms with Crippen LogP contribution in [-0.2, 0) is 4.79 Å². The molecule has 2 aliphatic carbocycles. The molecule has 3 rings (SSSR count). The van der Waals surface area contributed by atoms with Crippen molar-refractivity contribution in [3.05, 3.63) is 59.7 Å². The minimum atomic E-state index is -0.723. The van der Waals surface area contributed by atoms with Crippen molar-refractivity contribution in [2.24, 2.45) is 11.3 Å². The van der Waals surface area contributed by atoms with E-state index in [1.807, 2.05) is 0 Å². The largest absolute Gasteiger partial charge is 0.481 e. The van der Waals surface area contributed by atoms with Gasteiger partial charge >= 0.3 is 5.97 Å². The lowest BCUT2D eigenvalue weighted by atomic mass is 9.61. The number of benzene rings is 1. The number of aliphatic hydroxyl groups excluding tert-OH is 1. The first kappa shape index (κ1) is 22.8. The van der Waals surface area contributed by atoms with Crippen molar-refractivity contribution in [2.45, 2.75) is 89.6 Å². The van der Waals surface area contributed by atoms with E-state index in [-0.39, 0.29) is 17.9 Å². The molecule has 0 saturated heterocycles. The number of aliphatic carboxylic acids is 1. The number of unbranched alkanes of at least 4 members (excludes halogenated alkanes) is 1. The van der Waals surface area contributed by atoms with Crippen LogP contribution in [0.3, 0.4) is 0 Å². The Morgan fingerprint density at radius 1 is 1.27 bits per heavy atom. The molecule has 3 heteroatoms. The number of rotatable bonds is 11. The van der Waals surface area contributed by atoms with E-state index in [0.717, 1.165) is 56.9 Å². The number of aliphatic hydroxyl groups is 1. The molecule has 0 bridgehead atoms. The number of allylic oxidation sites excluding steroid dienone is 3. The van der Waals surface area contributed by atoms with Gasteiger partial charge in [-0.2, -0.15) is 0 Å². The van der Waals surface area contributed by atoms with E-state index in [0.29, 0.717) is 18.3 Å². The first-order valence-electron chi connectivity index (χ1n) is 11.8. The van der Waals surface area contributed by atoms with Gasteiger partial charge in [0.15, 0.2) is 0 Å². The van der Waals surface area contributed by atoms with Crippen LogP contribution in [0.15, 0.2) is 48.6 Å². The van der Waals surface area contributed by atoms with E-state index in [4.69, 9.17) is 5.11 Å². The second-order valence-corrected chi connectivity index (χ2v) is 9.44. The Kier molecular flexibility index (Phi) is 7.93. The van der Waals surface area contributed by atoms with Gasteiger partial charge in [0.2, 0.25) is 0 Å². The third-order valence-corrected chi connectivity index (χ3v) is 7.46. The van der Waals surface area contributed by atoms with E-state index in [2.05, 4.69) is 49.9 Å². The first-order valence-corrected chi connectivity index (χ1v) is 11.8. The summed E-state index contributed by atoms with van der Waals surface area (Å²) in [6.45, 7) is 6.53. The smallest absolute Gasteiger partial charge is 0.303 e. The van der Waals surface area contributed by atoms with Crippen LogP contribution in [0.2, 0.25) is 0 Å². The molecule has 0 heterocycles. The van der Waals surface area contributed by atoms with Gasteiger partial charge in [0.25, 0.3) is 0 Å². The molecule has 164 valence electrons. The number of hydrogen-bond donors (Lipinski definition) is 2. The summed E-state index contributed by atoms with van der Waals surface area (Å²) in [4.78, 5) is 10.6. The molecule has 2 fully saturated rings. The van der Waals surface area contributed by atoms with Gasteiger partial charge in [-0.3, -0.25) is 4.79 Å². The summed E-state index contributed by atoms with van der Waals surface area (Å²) in [5.41, 5.74) is 3.85. The van der Waals surface area contributed by atoms with Gasteiger partial charge in [-0.05, 0) is 74.3 Å². The second kappa shape index (κ2) is 10.4. The number of hydrogen-bond acceptors (Lipinski definition) is 2. The Labute approximate surface area is 181 Å². The second-order valence-electron chi connectivity index (χ2n) is 9.44. The lowest BCUT2D eigenvalue weighted by Gasteiger charge is -2.46. The number of carboxylic acids is 1. The summed E-state index contributed by atoms with van der Waals surface area (Å²) in [6.07, 6.45) is 14.7. The van der Waals surface area contributed by atoms with E-state index in [1.165, 1.54) is 17.6 Å². The van der Waals surface area contributed by atoms with Crippen molar-refractivity contribution >= 4 is 5.97 Å². The van der Waals surface area contributed by atoms with E-state index >= 15 is 0 Å². The van der Waals surface area contributed by atoms with Crippen molar-refractivity contribution in [3.8, 4) is 0 Å². The van der Waals surface area contributed by atoms with Crippen LogP contribution in [0.4, 0.5) is 0 Å². The van der Waals surface area contributed by atoms with Gasteiger partial charge in [-0.15, -0.1) is 0 Å². The SMILES string of the molecule is C=C1CCC(c2ccc(C(O)C3(CCC)CCC3)cc2)[C@H]1C/C=C\CCCC(=O)O. The molecule has 2 saturated carbocycles. The summed E-state index contributed by atoms with van der Waals surface area (Å²) >= 11 is 0. The minimum absolute atomic E-state index is 0.103. The zero-order chi connectivity index (χ0) is 21.6. The number of carbonyl (C=O) groups is 1. The first-order chi connectivity index (χ1) is 14.5. The Bertz CT molecular complexity index is 742. The van der Waals surface area contributed by atoms with Crippen LogP contribution in [0.25, 0.3) is 0 Å². The Balaban J connectivity index is 1.61. The molecule has 2 aliphatic rings. The normalized spacial score (nSPS) is 24.1. The minimum Gasteiger partial charge on any atom is -0.481 e. The lowest BCUT2D eigenvalue weighted by molar-refractivity contribution is -0.137. The fourth-order valence-corrected chi connectivity index (χ4v) is 5.54. The van der Waals surface area contributed by atoms with Crippen LogP contribution >= 0.6 is 0 Å². The highest BCUT2D eigenvalue weighted by molar-refractivity contribution is 5.66. The highest BCUT2D eigenvalue weighted by Crippen LogP contribution is 2.53. The van der Waals surface area contributed by atoms with Crippen LogP contribution in [-0.4, -0.2) is 16.2 Å². The molecule has 0 aromatic heterocycles. The monoisotopic (exact) mass is 410 g/mol. The van der Waals surface area contributed by atoms with Crippen LogP contribution in [0, 0.1) is 11.3 Å². The predicted octanol–water partition coefficient (Wildman–Crippen LogP) is 6.94. The molecule has 30 heavy (non-hydrogen) atoms. The van der Waals surface area contributed by atoms with Gasteiger partial charge in [0.1, 0.15) is 0 Å². The lowest BCUT2D eigenvalue weighted by Crippen LogP contribution is -2.35. The molecule has 3 nitrogen and oxygen atoms in total. The van der Waals surface area contributed by atoms with Gasteiger partial charge in [-0.1, -0.05) is 68.3 Å². The molecule has 0 amide bonds. The molecule has 2 unspecified atom stereocenters. The van der Waals surface area contributed by atoms with E-state index in [9.17, 15) is 9.90 Å². The maximum Gasteiger partial charge on any atom is 0.303 e. The van der Waals surface area contributed by atoms with Crippen LogP contribution < -0.4 is 0 Å². The molecule has 1 aromatic rings. The third kappa shape index (κ3) is 5.24. The van der Waals surface area contributed by atoms with Crippen LogP contribution in [0.5, 0.6) is 0 Å². The average molecular weight is 411 g/mol. The van der Waals surface area contributed by atoms with Gasteiger partial charge in [0.05, 0.1) is 6.10 Å². The molecule has 3 atom stereocenters. The Hall–Kier alpha value is -1.87. The zero-order valence-corrected chi connectivity index (χ0v) is 18.5. The molecular weight excluding hydrogens is 372 g/mol. The van der Waals surface area contributed by atoms with Crippen LogP contribution in [0.1, 0.15) is 101 Å². The summed E-state index contributed by atoms with van der Waals surface area (Å²) < 4.78 is 0. The van der Waals surface area contributed by atoms with Crippen molar-refractivity contribution in [1.29, 1.82) is 0 Å². The Morgan fingerprint density at radius 3 is 2.60 bits per heavy atom. The standard InChI is InChI=1S/C27H38O3/c1-3-17-27(18-8-19-27)26(30)22-14-12-21(13-15-22)24-16-11-20(2)23(24)9-6-4-5-7-10-25(28)29/h4,6,12-15,23-24,26,30H,2-3,5,7-11,16-19H2,1H3,(H,28,29)/b6-4-/t23-,24?,26?/m0/s1. The molecule has 1 aromatic carbocycles. The third-order valence-electron chi connectivity index (χ3n) is 7.46. The van der Waals surface area contributed by atoms with Crippen molar-refractivity contribution < 1.29 is 15.0 Å². The van der Waals surface area contributed by atoms with Crippen molar-refractivity contribution in [2.75, 3.05) is 0 Å². The molecule has 2 N–H and O–H groups in total. The summed E-state index contributed by atoms with van der Waals surface area (Å²) in [6, 6.07) is 8.75. The highest BCUT2D eigenvalue weighted by Gasteiger charge is 2.43. The maximum absolute atomic E-state index is 11.0. The number of carboxylic acid groups (broad SMARTS) is 1. The van der Waals surface area contributed by atoms with Gasteiger partial charge in [-0.25, -0.2) is 0 Å². The predicted molar refractivity (Wildman–Crippen MR) is 122 cm³/mol. The van der Waals surface area contributed by atoms with E-state index in [1.54, 1.807) is 0 Å². The fraction of sp³-hybridized carbons (Fsp3) is 0.593. The molecular formula is C27H38O3. The van der Waals surface area contributed by atoms with E-state index < -0.39 is 5.97 Å². The summed E-state index contributed by atoms with van der Waals surface area (Å²) in [7, 11) is 0. The summed E-state index contributed by atoms with van der Waals surface area (Å²) in [5.74, 6) is 0.217. The Morgan fingerprint density at radius 2 is 2.00 bits per heavy atom. The van der Waals surface area contributed by atoms with Crippen molar-refractivity contribution in [3.63, 3.8) is 0 Å². The zero-order valence-electron chi connectivity index (χ0n) is 18.5.